The number of hydrogen-bond acceptors (Lipinski definition) is 1. The molecule has 1 heteroatoms. The Morgan fingerprint density at radius 3 is 2.42 bits per heavy atom. The van der Waals surface area contributed by atoms with Crippen molar-refractivity contribution in [2.45, 2.75) is 46.0 Å². The Kier molecular flexibility index (Phi) is 5.21. The minimum atomic E-state index is 0.773. The quantitative estimate of drug-likeness (QED) is 0.810. The summed E-state index contributed by atoms with van der Waals surface area (Å²) in [6.07, 6.45) is 8.80. The molecule has 0 aromatic heterocycles. The van der Waals surface area contributed by atoms with Crippen molar-refractivity contribution in [1.82, 2.24) is 0 Å². The fourth-order valence-electron chi connectivity index (χ4n) is 2.74. The molecule has 104 valence electrons. The van der Waals surface area contributed by atoms with E-state index in [4.69, 9.17) is 5.73 Å². The number of benzene rings is 1. The molecule has 0 bridgehead atoms. The van der Waals surface area contributed by atoms with E-state index in [1.165, 1.54) is 25.7 Å². The molecule has 2 N–H and O–H groups in total. The highest BCUT2D eigenvalue weighted by molar-refractivity contribution is 5.35. The first-order valence-corrected chi connectivity index (χ1v) is 7.66. The van der Waals surface area contributed by atoms with E-state index < -0.39 is 0 Å². The van der Waals surface area contributed by atoms with E-state index in [0.717, 1.165) is 24.8 Å². The lowest BCUT2D eigenvalue weighted by atomic mass is 9.82. The van der Waals surface area contributed by atoms with Crippen molar-refractivity contribution in [3.63, 3.8) is 0 Å². The predicted octanol–water partition coefficient (Wildman–Crippen LogP) is 4.11. The van der Waals surface area contributed by atoms with Crippen LogP contribution in [0.15, 0.2) is 35.9 Å². The Morgan fingerprint density at radius 2 is 1.89 bits per heavy atom. The lowest BCUT2D eigenvalue weighted by Gasteiger charge is -2.22. The van der Waals surface area contributed by atoms with Gasteiger partial charge >= 0.3 is 0 Å². The summed E-state index contributed by atoms with van der Waals surface area (Å²) in [7, 11) is 0. The fourth-order valence-corrected chi connectivity index (χ4v) is 2.74. The second-order valence-electron chi connectivity index (χ2n) is 6.16. The van der Waals surface area contributed by atoms with E-state index in [2.05, 4.69) is 44.2 Å². The van der Waals surface area contributed by atoms with Crippen molar-refractivity contribution in [2.24, 2.45) is 17.6 Å². The molecule has 1 aromatic carbocycles. The molecule has 0 aliphatic heterocycles. The van der Waals surface area contributed by atoms with Gasteiger partial charge in [0.25, 0.3) is 0 Å². The van der Waals surface area contributed by atoms with Gasteiger partial charge in [-0.05, 0) is 61.6 Å². The zero-order chi connectivity index (χ0) is 13.7. The van der Waals surface area contributed by atoms with Gasteiger partial charge in [0.15, 0.2) is 0 Å². The molecule has 0 heterocycles. The van der Waals surface area contributed by atoms with Crippen molar-refractivity contribution in [3.8, 4) is 0 Å². The second kappa shape index (κ2) is 6.91. The summed E-state index contributed by atoms with van der Waals surface area (Å²) in [5.74, 6) is 1.66. The molecule has 1 unspecified atom stereocenters. The van der Waals surface area contributed by atoms with Gasteiger partial charge < -0.3 is 5.73 Å². The number of aryl methyl sites for hydroxylation is 1. The van der Waals surface area contributed by atoms with E-state index in [0.29, 0.717) is 0 Å². The zero-order valence-corrected chi connectivity index (χ0v) is 12.4. The molecule has 3 rings (SSSR count). The average Bonchev–Trinajstić information content (AvgIpc) is 3.23. The Bertz CT molecular complexity index is 431. The molecule has 2 aliphatic rings. The van der Waals surface area contributed by atoms with E-state index in [9.17, 15) is 0 Å². The maximum atomic E-state index is 5.23. The second-order valence-corrected chi connectivity index (χ2v) is 6.16. The minimum absolute atomic E-state index is 0.773. The number of hydrogen-bond donors (Lipinski definition) is 1. The first kappa shape index (κ1) is 14.3. The Balaban J connectivity index is 0.000000192. The van der Waals surface area contributed by atoms with Crippen molar-refractivity contribution < 1.29 is 0 Å². The lowest BCUT2D eigenvalue weighted by molar-refractivity contribution is 0.536. The highest BCUT2D eigenvalue weighted by Gasteiger charge is 2.24. The van der Waals surface area contributed by atoms with Gasteiger partial charge in [0.05, 0.1) is 0 Å². The lowest BCUT2D eigenvalue weighted by Crippen LogP contribution is -2.13. The molecule has 1 atom stereocenters. The normalized spacial score (nSPS) is 20.2. The largest absolute Gasteiger partial charge is 0.330 e. The number of fused-ring (bicyclic) bond motifs is 1. The monoisotopic (exact) mass is 257 g/mol. The molecule has 2 aliphatic carbocycles. The molecule has 0 fully saturated rings. The van der Waals surface area contributed by atoms with Gasteiger partial charge in [0, 0.05) is 0 Å². The summed E-state index contributed by atoms with van der Waals surface area (Å²) < 4.78 is 0. The van der Waals surface area contributed by atoms with Crippen LogP contribution in [0.25, 0.3) is 0 Å². The summed E-state index contributed by atoms with van der Waals surface area (Å²) in [6, 6.07) is 8.91. The third-order valence-corrected chi connectivity index (χ3v) is 4.06. The van der Waals surface area contributed by atoms with Crippen LogP contribution < -0.4 is 5.73 Å². The van der Waals surface area contributed by atoms with E-state index in [1.54, 1.807) is 16.7 Å². The maximum Gasteiger partial charge on any atom is -0.00748 e. The first-order chi connectivity index (χ1) is 9.20. The maximum absolute atomic E-state index is 5.23. The molecule has 19 heavy (non-hydrogen) atoms. The van der Waals surface area contributed by atoms with Gasteiger partial charge in [-0.15, -0.1) is 0 Å². The zero-order valence-electron chi connectivity index (χ0n) is 12.4. The number of nitrogens with two attached hydrogens (primary N) is 1. The number of rotatable bonds is 3. The van der Waals surface area contributed by atoms with Crippen LogP contribution in [0.5, 0.6) is 0 Å². The smallest absolute Gasteiger partial charge is 0.00748 e. The molecule has 0 spiro atoms. The van der Waals surface area contributed by atoms with Gasteiger partial charge in [0.1, 0.15) is 0 Å². The van der Waals surface area contributed by atoms with E-state index >= 15 is 0 Å². The standard InChI is InChI=1S/C13H14.C5H13N/c1-2-4-12-9-13(11-5-6-11)8-7-10(12)3-1;1-5(2)3-4-6/h1-5,13H,6-9H2;5H,3-4,6H2,1-2H3. The van der Waals surface area contributed by atoms with Gasteiger partial charge in [0.2, 0.25) is 0 Å². The third kappa shape index (κ3) is 4.50. The van der Waals surface area contributed by atoms with Gasteiger partial charge in [-0.1, -0.05) is 49.8 Å². The summed E-state index contributed by atoms with van der Waals surface area (Å²) in [5.41, 5.74) is 10.1. The van der Waals surface area contributed by atoms with Crippen LogP contribution in [0.1, 0.15) is 44.2 Å². The predicted molar refractivity (Wildman–Crippen MR) is 83.2 cm³/mol. The highest BCUT2D eigenvalue weighted by Crippen LogP contribution is 2.37. The SMILES string of the molecule is C1=C(C2CCc3ccccc3C2)C1.CC(C)CCN. The van der Waals surface area contributed by atoms with Gasteiger partial charge in [-0.3, -0.25) is 0 Å². The van der Waals surface area contributed by atoms with Crippen molar-refractivity contribution in [1.29, 1.82) is 0 Å². The summed E-state index contributed by atoms with van der Waals surface area (Å²) >= 11 is 0. The average molecular weight is 257 g/mol. The first-order valence-electron chi connectivity index (χ1n) is 7.66. The topological polar surface area (TPSA) is 26.0 Å². The summed E-state index contributed by atoms with van der Waals surface area (Å²) in [4.78, 5) is 0. The molecule has 1 nitrogen and oxygen atoms in total. The van der Waals surface area contributed by atoms with Crippen molar-refractivity contribution in [2.75, 3.05) is 6.54 Å². The van der Waals surface area contributed by atoms with Crippen LogP contribution in [0.2, 0.25) is 0 Å². The third-order valence-electron chi connectivity index (χ3n) is 4.06. The number of allylic oxidation sites excluding steroid dienone is 2. The molecule has 0 saturated heterocycles. The van der Waals surface area contributed by atoms with Crippen LogP contribution in [0, 0.1) is 11.8 Å². The van der Waals surface area contributed by atoms with Crippen molar-refractivity contribution in [3.05, 3.63) is 47.0 Å². The Hall–Kier alpha value is -1.08. The van der Waals surface area contributed by atoms with Crippen LogP contribution in [-0.2, 0) is 12.8 Å². The highest BCUT2D eigenvalue weighted by atomic mass is 14.5. The molecular weight excluding hydrogens is 230 g/mol. The van der Waals surface area contributed by atoms with Crippen LogP contribution >= 0.6 is 0 Å². The van der Waals surface area contributed by atoms with E-state index in [1.807, 2.05) is 0 Å². The fraction of sp³-hybridized carbons (Fsp3) is 0.556. The van der Waals surface area contributed by atoms with Crippen molar-refractivity contribution >= 4 is 0 Å². The van der Waals surface area contributed by atoms with Crippen LogP contribution in [0.3, 0.4) is 0 Å². The molecule has 0 amide bonds. The van der Waals surface area contributed by atoms with Gasteiger partial charge in [-0.2, -0.15) is 0 Å². The summed E-state index contributed by atoms with van der Waals surface area (Å²) in [5, 5.41) is 0. The van der Waals surface area contributed by atoms with Gasteiger partial charge in [-0.25, -0.2) is 0 Å². The van der Waals surface area contributed by atoms with Crippen LogP contribution in [-0.4, -0.2) is 6.54 Å². The molecule has 0 saturated carbocycles. The minimum Gasteiger partial charge on any atom is -0.330 e. The molecular formula is C18H27N. The summed E-state index contributed by atoms with van der Waals surface area (Å²) in [6.45, 7) is 5.18. The van der Waals surface area contributed by atoms with Crippen LogP contribution in [0.4, 0.5) is 0 Å². The Morgan fingerprint density at radius 1 is 1.21 bits per heavy atom. The molecule has 1 aromatic rings. The Labute approximate surface area is 117 Å². The van der Waals surface area contributed by atoms with E-state index in [-0.39, 0.29) is 0 Å². The molecule has 0 radical (unpaired) electrons.